The van der Waals surface area contributed by atoms with Crippen molar-refractivity contribution in [2.24, 2.45) is 17.2 Å². The fraction of sp³-hybridized carbons (Fsp3) is 0.333. The Hall–Kier alpha value is -2.26. The maximum atomic E-state index is 10.1. The molecular weight excluding hydrogens is 438 g/mol. The van der Waals surface area contributed by atoms with Gasteiger partial charge in [-0.05, 0) is 37.6 Å². The summed E-state index contributed by atoms with van der Waals surface area (Å²) in [6.45, 7) is 1.14. The van der Waals surface area contributed by atoms with E-state index in [1.807, 2.05) is 36.4 Å². The molecule has 0 amide bonds. The van der Waals surface area contributed by atoms with Crippen LogP contribution >= 0.6 is 15.9 Å². The molecule has 0 spiro atoms. The molecule has 0 bridgehead atoms. The summed E-state index contributed by atoms with van der Waals surface area (Å²) in [5.74, 6) is -0.0676. The van der Waals surface area contributed by atoms with Gasteiger partial charge in [0.25, 0.3) is 0 Å². The second kappa shape index (κ2) is 16.7. The van der Waals surface area contributed by atoms with Crippen LogP contribution in [0.25, 0.3) is 0 Å². The van der Waals surface area contributed by atoms with E-state index in [1.54, 1.807) is 19.2 Å². The number of rotatable bonds is 8. The molecule has 0 aliphatic rings. The van der Waals surface area contributed by atoms with E-state index in [0.717, 1.165) is 34.9 Å². The zero-order valence-electron chi connectivity index (χ0n) is 16.6. The number of hydrogen-bond donors (Lipinski definition) is 4. The quantitative estimate of drug-likeness (QED) is 0.345. The van der Waals surface area contributed by atoms with Crippen molar-refractivity contribution < 1.29 is 19.4 Å². The van der Waals surface area contributed by atoms with Gasteiger partial charge in [-0.25, -0.2) is 0 Å². The predicted molar refractivity (Wildman–Crippen MR) is 119 cm³/mol. The Morgan fingerprint density at radius 3 is 2.21 bits per heavy atom. The first-order valence-electron chi connectivity index (χ1n) is 9.10. The number of halogens is 1. The number of methoxy groups -OCH3 is 1. The lowest BCUT2D eigenvalue weighted by molar-refractivity contribution is -0.138. The Labute approximate surface area is 180 Å². The van der Waals surface area contributed by atoms with Gasteiger partial charge >= 0.3 is 5.97 Å². The molecule has 0 saturated carbocycles. The number of ether oxygens (including phenoxy) is 1. The van der Waals surface area contributed by atoms with Gasteiger partial charge in [0.15, 0.2) is 0 Å². The standard InChI is InChI=1S/C8H11NO.C7H5BrO.C6H14N2O2/c1-10-8-5-3-2-4-7(8)6-9;8-7-3-1-6(5-9)2-4-7;7-4-2-1-3-5(8)6(9)10/h2-5H,6,9H2,1H3;1-5H;5H,1-4,7-8H2,(H,9,10)/t;;5-/m..0/s1. The van der Waals surface area contributed by atoms with E-state index in [4.69, 9.17) is 27.0 Å². The van der Waals surface area contributed by atoms with Crippen LogP contribution in [0, 0.1) is 0 Å². The van der Waals surface area contributed by atoms with Crippen molar-refractivity contribution in [3.63, 3.8) is 0 Å². The number of aldehydes is 1. The SMILES string of the molecule is COc1ccccc1CN.NCCCC[C@H](N)C(=O)O.O=Cc1ccc(Br)cc1. The van der Waals surface area contributed by atoms with Crippen molar-refractivity contribution in [2.75, 3.05) is 13.7 Å². The van der Waals surface area contributed by atoms with E-state index in [-0.39, 0.29) is 0 Å². The third-order valence-electron chi connectivity index (χ3n) is 3.70. The van der Waals surface area contributed by atoms with Crippen LogP contribution in [-0.2, 0) is 11.3 Å². The molecule has 1 atom stereocenters. The highest BCUT2D eigenvalue weighted by Gasteiger charge is 2.09. The highest BCUT2D eigenvalue weighted by molar-refractivity contribution is 9.10. The molecule has 7 N–H and O–H groups in total. The molecule has 2 rings (SSSR count). The molecule has 0 saturated heterocycles. The van der Waals surface area contributed by atoms with Gasteiger partial charge < -0.3 is 27.0 Å². The molecule has 29 heavy (non-hydrogen) atoms. The number of unbranched alkanes of at least 4 members (excludes halogenated alkanes) is 1. The lowest BCUT2D eigenvalue weighted by Gasteiger charge is -2.03. The number of carbonyl (C=O) groups excluding carboxylic acids is 1. The average Bonchev–Trinajstić information content (AvgIpc) is 2.75. The number of para-hydroxylation sites is 1. The third-order valence-corrected chi connectivity index (χ3v) is 4.23. The Balaban J connectivity index is 0.000000406. The van der Waals surface area contributed by atoms with E-state index in [1.165, 1.54) is 0 Å². The molecule has 0 radical (unpaired) electrons. The molecular formula is C21H30BrN3O4. The summed E-state index contributed by atoms with van der Waals surface area (Å²) >= 11 is 3.26. The second-order valence-electron chi connectivity index (χ2n) is 5.91. The van der Waals surface area contributed by atoms with Crippen LogP contribution in [0.15, 0.2) is 53.0 Å². The van der Waals surface area contributed by atoms with Crippen molar-refractivity contribution >= 4 is 28.2 Å². The average molecular weight is 468 g/mol. The largest absolute Gasteiger partial charge is 0.496 e. The van der Waals surface area contributed by atoms with Crippen molar-refractivity contribution in [3.8, 4) is 5.75 Å². The second-order valence-corrected chi connectivity index (χ2v) is 6.83. The van der Waals surface area contributed by atoms with Crippen LogP contribution in [0.2, 0.25) is 0 Å². The molecule has 0 heterocycles. The first-order chi connectivity index (χ1) is 13.9. The van der Waals surface area contributed by atoms with Crippen LogP contribution in [0.4, 0.5) is 0 Å². The Kier molecular flexibility index (Phi) is 15.4. The molecule has 2 aromatic rings. The van der Waals surface area contributed by atoms with Gasteiger partial charge in [0, 0.05) is 22.1 Å². The highest BCUT2D eigenvalue weighted by Crippen LogP contribution is 2.15. The maximum absolute atomic E-state index is 10.1. The fourth-order valence-corrected chi connectivity index (χ4v) is 2.31. The lowest BCUT2D eigenvalue weighted by Crippen LogP contribution is -2.29. The van der Waals surface area contributed by atoms with Crippen molar-refractivity contribution in [3.05, 3.63) is 64.1 Å². The first-order valence-corrected chi connectivity index (χ1v) is 9.90. The van der Waals surface area contributed by atoms with E-state index in [9.17, 15) is 9.59 Å². The Morgan fingerprint density at radius 1 is 1.14 bits per heavy atom. The molecule has 0 aliphatic heterocycles. The summed E-state index contributed by atoms with van der Waals surface area (Å²) in [6, 6.07) is 14.2. The van der Waals surface area contributed by atoms with Crippen molar-refractivity contribution in [2.45, 2.75) is 31.8 Å². The minimum absolute atomic E-state index is 0.520. The number of carboxylic acids is 1. The maximum Gasteiger partial charge on any atom is 0.320 e. The van der Waals surface area contributed by atoms with Crippen molar-refractivity contribution in [1.82, 2.24) is 0 Å². The van der Waals surface area contributed by atoms with Crippen LogP contribution in [-0.4, -0.2) is 37.1 Å². The molecule has 8 heteroatoms. The van der Waals surface area contributed by atoms with Crippen LogP contribution in [0.5, 0.6) is 5.75 Å². The molecule has 0 aliphatic carbocycles. The summed E-state index contributed by atoms with van der Waals surface area (Å²) in [5.41, 5.74) is 17.6. The Morgan fingerprint density at radius 2 is 1.76 bits per heavy atom. The number of nitrogens with two attached hydrogens (primary N) is 3. The number of benzene rings is 2. The molecule has 160 valence electrons. The lowest BCUT2D eigenvalue weighted by atomic mass is 10.1. The highest BCUT2D eigenvalue weighted by atomic mass is 79.9. The molecule has 0 unspecified atom stereocenters. The number of carboxylic acid groups (broad SMARTS) is 1. The van der Waals surface area contributed by atoms with Crippen LogP contribution in [0.3, 0.4) is 0 Å². The van der Waals surface area contributed by atoms with Gasteiger partial charge in [-0.3, -0.25) is 9.59 Å². The summed E-state index contributed by atoms with van der Waals surface area (Å²) in [7, 11) is 1.65. The van der Waals surface area contributed by atoms with E-state index < -0.39 is 12.0 Å². The fourth-order valence-electron chi connectivity index (χ4n) is 2.05. The summed E-state index contributed by atoms with van der Waals surface area (Å²) in [5, 5.41) is 8.33. The minimum atomic E-state index is -0.933. The predicted octanol–water partition coefficient (Wildman–Crippen LogP) is 2.94. The molecule has 7 nitrogen and oxygen atoms in total. The van der Waals surface area contributed by atoms with Crippen LogP contribution in [0.1, 0.15) is 35.2 Å². The Bertz CT molecular complexity index is 688. The third kappa shape index (κ3) is 12.7. The zero-order valence-corrected chi connectivity index (χ0v) is 18.2. The summed E-state index contributed by atoms with van der Waals surface area (Å²) in [4.78, 5) is 20.2. The van der Waals surface area contributed by atoms with Crippen LogP contribution < -0.4 is 21.9 Å². The van der Waals surface area contributed by atoms with Gasteiger partial charge in [0.2, 0.25) is 0 Å². The molecule has 0 fully saturated rings. The first kappa shape index (κ1) is 26.7. The normalized spacial score (nSPS) is 10.5. The van der Waals surface area contributed by atoms with Gasteiger partial charge in [-0.1, -0.05) is 52.7 Å². The summed E-state index contributed by atoms with van der Waals surface area (Å²) in [6.07, 6.45) is 2.99. The van der Waals surface area contributed by atoms with Gasteiger partial charge in [0.05, 0.1) is 7.11 Å². The smallest absolute Gasteiger partial charge is 0.320 e. The van der Waals surface area contributed by atoms with Gasteiger partial charge in [0.1, 0.15) is 18.1 Å². The molecule has 2 aromatic carbocycles. The van der Waals surface area contributed by atoms with E-state index >= 15 is 0 Å². The number of carbonyl (C=O) groups is 2. The van der Waals surface area contributed by atoms with E-state index in [2.05, 4.69) is 15.9 Å². The van der Waals surface area contributed by atoms with E-state index in [0.29, 0.717) is 25.1 Å². The number of hydrogen-bond acceptors (Lipinski definition) is 6. The van der Waals surface area contributed by atoms with Gasteiger partial charge in [-0.2, -0.15) is 0 Å². The number of aliphatic carboxylic acids is 1. The zero-order chi connectivity index (χ0) is 22.1. The van der Waals surface area contributed by atoms with Crippen molar-refractivity contribution in [1.29, 1.82) is 0 Å². The summed E-state index contributed by atoms with van der Waals surface area (Å²) < 4.78 is 6.05. The monoisotopic (exact) mass is 467 g/mol. The topological polar surface area (TPSA) is 142 Å². The molecule has 0 aromatic heterocycles. The van der Waals surface area contributed by atoms with Gasteiger partial charge in [-0.15, -0.1) is 0 Å². The minimum Gasteiger partial charge on any atom is -0.496 e.